The Morgan fingerprint density at radius 2 is 1.03 bits per heavy atom. The fraction of sp³-hybridized carbons (Fsp3) is 0.556. The molecule has 4 heterocycles. The number of hydrogen-bond acceptors (Lipinski definition) is 9. The molecule has 17 nitrogen and oxygen atoms in total. The topological polar surface area (TPSA) is 227 Å². The number of nitrogens with zero attached hydrogens (tertiary/aromatic N) is 6. The number of hydrogen-bond donors (Lipinski definition) is 5. The molecule has 17 heteroatoms. The van der Waals surface area contributed by atoms with Crippen LogP contribution in [0.4, 0.5) is 11.6 Å². The highest BCUT2D eigenvalue weighted by atomic mass is 16.4. The summed E-state index contributed by atoms with van der Waals surface area (Å²) in [5.41, 5.74) is 7.50. The molecule has 4 fully saturated rings. The molecule has 0 spiro atoms. The van der Waals surface area contributed by atoms with E-state index in [0.29, 0.717) is 44.0 Å². The van der Waals surface area contributed by atoms with E-state index in [4.69, 9.17) is 5.73 Å². The van der Waals surface area contributed by atoms with Crippen molar-refractivity contribution in [3.8, 4) is 11.4 Å². The Hall–Kier alpha value is -6.52. The van der Waals surface area contributed by atoms with Crippen molar-refractivity contribution in [2.45, 2.75) is 155 Å². The van der Waals surface area contributed by atoms with E-state index >= 15 is 0 Å². The number of amides is 5. The van der Waals surface area contributed by atoms with Gasteiger partial charge in [0.25, 0.3) is 0 Å². The normalized spacial score (nSPS) is 19.9. The summed E-state index contributed by atoms with van der Waals surface area (Å²) in [4.78, 5) is 79.9. The molecule has 4 aromatic rings. The van der Waals surface area contributed by atoms with E-state index in [1.807, 2.05) is 88.4 Å². The number of nitrogens with one attached hydrogen (secondary N) is 3. The first-order chi connectivity index (χ1) is 34.3. The number of aliphatic carboxylic acids is 1. The summed E-state index contributed by atoms with van der Waals surface area (Å²) in [6.45, 7) is 8.66. The molecule has 2 saturated carbocycles. The van der Waals surface area contributed by atoms with Crippen LogP contribution in [0, 0.1) is 23.7 Å². The highest BCUT2D eigenvalue weighted by Crippen LogP contribution is 2.32. The van der Waals surface area contributed by atoms with E-state index in [9.17, 15) is 33.9 Å². The van der Waals surface area contributed by atoms with E-state index in [0.717, 1.165) is 88.4 Å². The van der Waals surface area contributed by atoms with Crippen LogP contribution in [0.3, 0.4) is 0 Å². The minimum atomic E-state index is -0.948. The van der Waals surface area contributed by atoms with E-state index in [2.05, 4.69) is 26.1 Å². The Morgan fingerprint density at radius 3 is 1.48 bits per heavy atom. The molecule has 5 amide bonds. The van der Waals surface area contributed by atoms with Crippen LogP contribution in [-0.2, 0) is 28.8 Å². The van der Waals surface area contributed by atoms with Gasteiger partial charge in [-0.2, -0.15) is 10.2 Å². The van der Waals surface area contributed by atoms with Crippen LogP contribution in [0.2, 0.25) is 0 Å². The van der Waals surface area contributed by atoms with Gasteiger partial charge in [0, 0.05) is 37.1 Å². The number of carbonyl (C=O) groups is 6. The first-order valence-electron chi connectivity index (χ1n) is 26.0. The Balaban J connectivity index is 0.000000196. The smallest absolute Gasteiger partial charge is 0.326 e. The average molecular weight is 977 g/mol. The number of carboxylic acid groups (broad SMARTS) is 1. The van der Waals surface area contributed by atoms with Gasteiger partial charge in [-0.1, -0.05) is 103 Å². The first kappa shape index (κ1) is 53.8. The standard InChI is InChI=1S/C27H37N5O3.C18H30N2O4.C9H9N3/c1-3-19(2)25(33)30-24(20-11-6-4-7-12-20)27(35)31-18-10-15-22(31)26(34)29-23-16-17-28-32(23)21-13-8-5-9-14-21;1-3-12(2)16(21)19-15(13-8-5-4-6-9-13)17(22)20-11-7-10-14(20)18(23)24;10-9-6-7-11-12(9)8-4-2-1-3-5-8/h5,8-9,13-14,16-17,19-20,22,24H,3-4,6-7,10-12,15,18H2,1-2H3,(H,29,34)(H,30,33);12-15H,3-11H2,1-2H3,(H,19,21)(H,23,24);1-7H,10H2/t19-,22+,24+;12-,14+,15+;/m11./s1. The van der Waals surface area contributed by atoms with Gasteiger partial charge >= 0.3 is 5.97 Å². The predicted molar refractivity (Wildman–Crippen MR) is 273 cm³/mol. The summed E-state index contributed by atoms with van der Waals surface area (Å²) in [5, 5.41) is 26.8. The van der Waals surface area contributed by atoms with Crippen molar-refractivity contribution >= 4 is 47.1 Å². The van der Waals surface area contributed by atoms with Gasteiger partial charge in [0.15, 0.2) is 0 Å². The van der Waals surface area contributed by atoms with Gasteiger partial charge in [-0.25, -0.2) is 14.2 Å². The third kappa shape index (κ3) is 14.3. The number of para-hydroxylation sites is 2. The Morgan fingerprint density at radius 1 is 0.592 bits per heavy atom. The summed E-state index contributed by atoms with van der Waals surface area (Å²) >= 11 is 0. The minimum Gasteiger partial charge on any atom is -0.480 e. The molecule has 0 radical (unpaired) electrons. The molecule has 71 heavy (non-hydrogen) atoms. The SMILES string of the molecule is CC[C@@H](C)C(=O)N[C@H](C(=O)N1CCC[C@H]1C(=O)Nc1ccnn1-c1ccccc1)C1CCCCC1.CC[C@@H](C)C(=O)N[C@H](C(=O)N1CCC[C@H]1C(=O)O)C1CCCCC1.Nc1ccnn1-c1ccccc1. The van der Waals surface area contributed by atoms with E-state index in [1.165, 1.54) is 11.3 Å². The number of benzene rings is 2. The van der Waals surface area contributed by atoms with Crippen LogP contribution in [0.25, 0.3) is 11.4 Å². The highest BCUT2D eigenvalue weighted by molar-refractivity contribution is 5.99. The minimum absolute atomic E-state index is 0.0802. The zero-order chi connectivity index (χ0) is 50.9. The zero-order valence-electron chi connectivity index (χ0n) is 42.1. The van der Waals surface area contributed by atoms with Crippen LogP contribution in [-0.4, -0.2) is 107 Å². The largest absolute Gasteiger partial charge is 0.480 e. The molecule has 2 aliphatic heterocycles. The number of carboxylic acids is 1. The molecule has 2 aliphatic carbocycles. The number of likely N-dealkylation sites (tertiary alicyclic amines) is 2. The average Bonchev–Trinajstić information content (AvgIpc) is 4.26. The molecule has 384 valence electrons. The second-order valence-electron chi connectivity index (χ2n) is 19.6. The number of anilines is 2. The van der Waals surface area contributed by atoms with Crippen molar-refractivity contribution in [1.29, 1.82) is 0 Å². The Kier molecular flexibility index (Phi) is 20.2. The summed E-state index contributed by atoms with van der Waals surface area (Å²) in [6, 6.07) is 20.5. The van der Waals surface area contributed by atoms with Crippen molar-refractivity contribution in [3.05, 3.63) is 85.2 Å². The summed E-state index contributed by atoms with van der Waals surface area (Å²) in [5.74, 6) is -0.511. The third-order valence-corrected chi connectivity index (χ3v) is 14.7. The zero-order valence-corrected chi connectivity index (χ0v) is 42.1. The fourth-order valence-corrected chi connectivity index (χ4v) is 10.1. The maximum atomic E-state index is 13.8. The van der Waals surface area contributed by atoms with Crippen LogP contribution in [0.15, 0.2) is 85.2 Å². The number of nitrogens with two attached hydrogens (primary N) is 1. The van der Waals surface area contributed by atoms with Crippen LogP contribution < -0.4 is 21.7 Å². The number of aromatic nitrogens is 4. The molecule has 6 N–H and O–H groups in total. The molecule has 8 rings (SSSR count). The highest BCUT2D eigenvalue weighted by Gasteiger charge is 2.42. The fourth-order valence-electron chi connectivity index (χ4n) is 10.1. The molecule has 6 atom stereocenters. The van der Waals surface area contributed by atoms with E-state index < -0.39 is 30.1 Å². The summed E-state index contributed by atoms with van der Waals surface area (Å²) in [7, 11) is 0. The third-order valence-electron chi connectivity index (χ3n) is 14.7. The maximum Gasteiger partial charge on any atom is 0.326 e. The second kappa shape index (κ2) is 26.6. The molecule has 2 aromatic carbocycles. The monoisotopic (exact) mass is 977 g/mol. The maximum absolute atomic E-state index is 13.8. The lowest BCUT2D eigenvalue weighted by Gasteiger charge is -2.35. The van der Waals surface area contributed by atoms with Crippen molar-refractivity contribution in [2.24, 2.45) is 23.7 Å². The van der Waals surface area contributed by atoms with Crippen molar-refractivity contribution in [1.82, 2.24) is 40.0 Å². The molecule has 0 bridgehead atoms. The predicted octanol–water partition coefficient (Wildman–Crippen LogP) is 7.54. The Bertz CT molecular complexity index is 2340. The summed E-state index contributed by atoms with van der Waals surface area (Å²) < 4.78 is 3.37. The summed E-state index contributed by atoms with van der Waals surface area (Å²) in [6.07, 6.45) is 17.6. The number of carbonyl (C=O) groups excluding carboxylic acids is 5. The lowest BCUT2D eigenvalue weighted by molar-refractivity contribution is -0.150. The van der Waals surface area contributed by atoms with Crippen molar-refractivity contribution < 1.29 is 33.9 Å². The van der Waals surface area contributed by atoms with Crippen LogP contribution >= 0.6 is 0 Å². The molecule has 2 aromatic heterocycles. The lowest BCUT2D eigenvalue weighted by atomic mass is 9.83. The molecule has 4 aliphatic rings. The molecule has 2 saturated heterocycles. The van der Waals surface area contributed by atoms with Crippen LogP contribution in [0.1, 0.15) is 130 Å². The van der Waals surface area contributed by atoms with Gasteiger partial charge in [0.05, 0.1) is 23.8 Å². The lowest BCUT2D eigenvalue weighted by Crippen LogP contribution is -2.56. The molecule has 0 unspecified atom stereocenters. The van der Waals surface area contributed by atoms with Gasteiger partial charge < -0.3 is 36.6 Å². The van der Waals surface area contributed by atoms with Crippen molar-refractivity contribution in [3.63, 3.8) is 0 Å². The van der Waals surface area contributed by atoms with Gasteiger partial charge in [0.2, 0.25) is 29.5 Å². The Labute approximate surface area is 418 Å². The number of rotatable bonds is 15. The van der Waals surface area contributed by atoms with E-state index in [-0.39, 0.29) is 53.2 Å². The second-order valence-corrected chi connectivity index (χ2v) is 19.6. The van der Waals surface area contributed by atoms with Gasteiger partial charge in [-0.05, 0) is 100 Å². The van der Waals surface area contributed by atoms with Gasteiger partial charge in [-0.3, -0.25) is 24.0 Å². The van der Waals surface area contributed by atoms with Crippen molar-refractivity contribution in [2.75, 3.05) is 24.1 Å². The number of nitrogen functional groups attached to an aromatic ring is 1. The van der Waals surface area contributed by atoms with E-state index in [1.54, 1.807) is 38.8 Å². The quantitative estimate of drug-likeness (QED) is 0.0786. The first-order valence-corrected chi connectivity index (χ1v) is 26.0. The molecular weight excluding hydrogens is 901 g/mol. The van der Waals surface area contributed by atoms with Crippen LogP contribution in [0.5, 0.6) is 0 Å². The molecular formula is C54H76N10O7. The van der Waals surface area contributed by atoms with Gasteiger partial charge in [0.1, 0.15) is 35.8 Å². The van der Waals surface area contributed by atoms with Gasteiger partial charge in [-0.15, -0.1) is 0 Å².